The Balaban J connectivity index is 1.57. The fraction of sp³-hybridized carbons (Fsp3) is 0.172. The summed E-state index contributed by atoms with van der Waals surface area (Å²) in [4.78, 5) is 54.7. The van der Waals surface area contributed by atoms with Crippen molar-refractivity contribution in [2.75, 3.05) is 13.6 Å². The fourth-order valence-electron chi connectivity index (χ4n) is 4.71. The largest absolute Gasteiger partial charge is 0.355 e. The van der Waals surface area contributed by atoms with Crippen LogP contribution in [0.1, 0.15) is 42.5 Å². The van der Waals surface area contributed by atoms with Crippen LogP contribution in [-0.4, -0.2) is 45.3 Å². The third-order valence-electron chi connectivity index (χ3n) is 6.74. The summed E-state index contributed by atoms with van der Waals surface area (Å²) in [6, 6.07) is 20.9. The Kier molecular flexibility index (Phi) is 7.90. The van der Waals surface area contributed by atoms with Crippen LogP contribution in [0.15, 0.2) is 82.1 Å². The van der Waals surface area contributed by atoms with Gasteiger partial charge in [0.25, 0.3) is 17.7 Å². The third kappa shape index (κ3) is 5.32. The highest BCUT2D eigenvalue weighted by Gasteiger charge is 2.32. The molecule has 0 saturated carbocycles. The Morgan fingerprint density at radius 3 is 2.42 bits per heavy atom. The molecule has 3 amide bonds. The molecule has 5 rings (SSSR count). The van der Waals surface area contributed by atoms with Crippen molar-refractivity contribution >= 4 is 45.3 Å². The van der Waals surface area contributed by atoms with Gasteiger partial charge < -0.3 is 15.5 Å². The van der Waals surface area contributed by atoms with Crippen LogP contribution >= 0.6 is 27.5 Å². The second-order valence-electron chi connectivity index (χ2n) is 9.22. The summed E-state index contributed by atoms with van der Waals surface area (Å²) in [7, 11) is 1.52. The molecule has 0 saturated heterocycles. The molecule has 3 aromatic carbocycles. The molecule has 0 unspecified atom stereocenters. The van der Waals surface area contributed by atoms with Gasteiger partial charge in [-0.05, 0) is 57.9 Å². The number of carbonyl (C=O) groups is 3. The van der Waals surface area contributed by atoms with E-state index in [-0.39, 0.29) is 43.7 Å². The first kappa shape index (κ1) is 27.4. The van der Waals surface area contributed by atoms with Crippen molar-refractivity contribution in [1.29, 1.82) is 0 Å². The van der Waals surface area contributed by atoms with Crippen LogP contribution in [0.25, 0.3) is 5.69 Å². The number of carbonyl (C=O) groups excluding carboxylic acids is 3. The molecule has 2 heterocycles. The van der Waals surface area contributed by atoms with E-state index in [1.807, 2.05) is 30.3 Å². The Morgan fingerprint density at radius 2 is 1.70 bits per heavy atom. The topological polar surface area (TPSA) is 105 Å². The molecule has 0 bridgehead atoms. The Hall–Kier alpha value is -4.15. The lowest BCUT2D eigenvalue weighted by Gasteiger charge is -2.28. The van der Waals surface area contributed by atoms with Gasteiger partial charge in [0, 0.05) is 42.3 Å². The minimum absolute atomic E-state index is 0.0397. The molecule has 4 aromatic rings. The van der Waals surface area contributed by atoms with Gasteiger partial charge in [0.15, 0.2) is 0 Å². The second-order valence-corrected chi connectivity index (χ2v) is 10.5. The van der Waals surface area contributed by atoms with Crippen molar-refractivity contribution in [3.63, 3.8) is 0 Å². The number of halogens is 2. The highest BCUT2D eigenvalue weighted by molar-refractivity contribution is 9.10. The average molecular weight is 623 g/mol. The van der Waals surface area contributed by atoms with E-state index in [9.17, 15) is 19.2 Å². The summed E-state index contributed by atoms with van der Waals surface area (Å²) in [6.45, 7) is 0.757. The molecule has 1 aromatic heterocycles. The van der Waals surface area contributed by atoms with Crippen molar-refractivity contribution in [1.82, 2.24) is 24.7 Å². The fourth-order valence-corrected chi connectivity index (χ4v) is 5.14. The molecule has 0 fully saturated rings. The monoisotopic (exact) mass is 621 g/mol. The number of hydrogen-bond acceptors (Lipinski definition) is 4. The minimum atomic E-state index is -0.471. The zero-order chi connectivity index (χ0) is 28.4. The first-order chi connectivity index (χ1) is 19.3. The molecule has 0 atom stereocenters. The number of aromatic nitrogens is 2. The quantitative estimate of drug-likeness (QED) is 0.339. The summed E-state index contributed by atoms with van der Waals surface area (Å²) in [5.74, 6) is -1.06. The Bertz CT molecular complexity index is 1680. The number of imidazole rings is 1. The van der Waals surface area contributed by atoms with Gasteiger partial charge in [-0.2, -0.15) is 0 Å². The number of hydrogen-bond donors (Lipinski definition) is 2. The SMILES string of the molecule is CNC(=O)c1cccc(-n2c(C(=O)NCc3ccccc3)c3n(c2=O)CCN(C(=O)c2ccc(Br)c(Cl)c2)C3)c1. The van der Waals surface area contributed by atoms with Gasteiger partial charge in [-0.3, -0.25) is 23.5 Å². The molecule has 0 aliphatic carbocycles. The first-order valence-corrected chi connectivity index (χ1v) is 13.7. The number of benzene rings is 3. The summed E-state index contributed by atoms with van der Waals surface area (Å²) in [5.41, 5.74) is 2.10. The molecule has 1 aliphatic rings. The molecule has 2 N–H and O–H groups in total. The highest BCUT2D eigenvalue weighted by Crippen LogP contribution is 2.26. The van der Waals surface area contributed by atoms with E-state index in [0.717, 1.165) is 5.56 Å². The zero-order valence-electron chi connectivity index (χ0n) is 21.5. The van der Waals surface area contributed by atoms with Gasteiger partial charge in [-0.25, -0.2) is 4.79 Å². The summed E-state index contributed by atoms with van der Waals surface area (Å²) in [5, 5.41) is 5.89. The second kappa shape index (κ2) is 11.5. The van der Waals surface area contributed by atoms with Gasteiger partial charge >= 0.3 is 5.69 Å². The number of amides is 3. The van der Waals surface area contributed by atoms with Crippen LogP contribution in [0.4, 0.5) is 0 Å². The van der Waals surface area contributed by atoms with E-state index in [2.05, 4.69) is 26.6 Å². The highest BCUT2D eigenvalue weighted by atomic mass is 79.9. The number of nitrogens with zero attached hydrogens (tertiary/aromatic N) is 3. The third-order valence-corrected chi connectivity index (χ3v) is 7.97. The van der Waals surface area contributed by atoms with E-state index in [1.54, 1.807) is 47.4 Å². The van der Waals surface area contributed by atoms with Gasteiger partial charge in [0.1, 0.15) is 5.69 Å². The standard InChI is InChI=1S/C29H25BrClN5O4/c1-32-26(37)19-8-5-9-21(14-19)36-25(27(38)33-16-18-6-3-2-4-7-18)24-17-34(12-13-35(24)29(36)40)28(39)20-10-11-22(30)23(31)15-20/h2-11,14-15H,12-13,16-17H2,1H3,(H,32,37)(H,33,38). The van der Waals surface area contributed by atoms with Crippen LogP contribution in [-0.2, 0) is 19.6 Å². The molecular weight excluding hydrogens is 598 g/mol. The Labute approximate surface area is 243 Å². The number of fused-ring (bicyclic) bond motifs is 1. The molecule has 0 radical (unpaired) electrons. The predicted molar refractivity (Wildman–Crippen MR) is 155 cm³/mol. The van der Waals surface area contributed by atoms with Crippen molar-refractivity contribution in [2.45, 2.75) is 19.6 Å². The normalized spacial score (nSPS) is 12.5. The van der Waals surface area contributed by atoms with Crippen molar-refractivity contribution in [3.8, 4) is 5.69 Å². The van der Waals surface area contributed by atoms with Crippen LogP contribution in [0.3, 0.4) is 0 Å². The van der Waals surface area contributed by atoms with Crippen LogP contribution < -0.4 is 16.3 Å². The van der Waals surface area contributed by atoms with Crippen molar-refractivity contribution in [2.24, 2.45) is 0 Å². The van der Waals surface area contributed by atoms with Gasteiger partial charge in [-0.1, -0.05) is 48.0 Å². The van der Waals surface area contributed by atoms with Gasteiger partial charge in [0.05, 0.1) is 22.9 Å². The summed E-state index contributed by atoms with van der Waals surface area (Å²) >= 11 is 9.56. The summed E-state index contributed by atoms with van der Waals surface area (Å²) in [6.07, 6.45) is 0. The smallest absolute Gasteiger partial charge is 0.333 e. The van der Waals surface area contributed by atoms with Crippen LogP contribution in [0.5, 0.6) is 0 Å². The number of rotatable bonds is 6. The van der Waals surface area contributed by atoms with Crippen molar-refractivity contribution < 1.29 is 14.4 Å². The lowest BCUT2D eigenvalue weighted by Crippen LogP contribution is -2.41. The molecule has 204 valence electrons. The van der Waals surface area contributed by atoms with Crippen LogP contribution in [0.2, 0.25) is 5.02 Å². The Morgan fingerprint density at radius 1 is 0.925 bits per heavy atom. The zero-order valence-corrected chi connectivity index (χ0v) is 23.8. The van der Waals surface area contributed by atoms with E-state index in [0.29, 0.717) is 32.0 Å². The van der Waals surface area contributed by atoms with E-state index in [1.165, 1.54) is 16.2 Å². The maximum Gasteiger partial charge on any atom is 0.333 e. The number of nitrogens with one attached hydrogen (secondary N) is 2. The van der Waals surface area contributed by atoms with E-state index in [4.69, 9.17) is 11.6 Å². The van der Waals surface area contributed by atoms with Gasteiger partial charge in [-0.15, -0.1) is 0 Å². The average Bonchev–Trinajstić information content (AvgIpc) is 3.28. The first-order valence-electron chi connectivity index (χ1n) is 12.5. The molecule has 0 spiro atoms. The molecule has 40 heavy (non-hydrogen) atoms. The molecule has 1 aliphatic heterocycles. The van der Waals surface area contributed by atoms with Crippen molar-refractivity contribution in [3.05, 3.63) is 121 Å². The minimum Gasteiger partial charge on any atom is -0.355 e. The van der Waals surface area contributed by atoms with Gasteiger partial charge in [0.2, 0.25) is 0 Å². The summed E-state index contributed by atoms with van der Waals surface area (Å²) < 4.78 is 3.50. The van der Waals surface area contributed by atoms with E-state index < -0.39 is 11.6 Å². The maximum absolute atomic E-state index is 13.7. The predicted octanol–water partition coefficient (Wildman–Crippen LogP) is 4.00. The molecular formula is C29H25BrClN5O4. The lowest BCUT2D eigenvalue weighted by molar-refractivity contribution is 0.0706. The molecule has 11 heteroatoms. The van der Waals surface area contributed by atoms with E-state index >= 15 is 0 Å². The maximum atomic E-state index is 13.7. The molecule has 9 nitrogen and oxygen atoms in total. The lowest BCUT2D eigenvalue weighted by atomic mass is 10.1. The van der Waals surface area contributed by atoms with Crippen LogP contribution in [0, 0.1) is 0 Å².